The van der Waals surface area contributed by atoms with Crippen molar-refractivity contribution in [2.75, 3.05) is 39.4 Å². The maximum Gasteiger partial charge on any atom is 0.257 e. The number of ether oxygens (including phenoxy) is 2. The largest absolute Gasteiger partial charge is 0.482 e. The molecule has 0 aromatic heterocycles. The Hall–Kier alpha value is -1.79. The van der Waals surface area contributed by atoms with Gasteiger partial charge in [-0.15, -0.1) is 0 Å². The number of carbonyl (C=O) groups is 1. The van der Waals surface area contributed by atoms with Gasteiger partial charge in [-0.25, -0.2) is 0 Å². The third-order valence-corrected chi connectivity index (χ3v) is 5.08. The van der Waals surface area contributed by atoms with Crippen LogP contribution in [-0.4, -0.2) is 50.2 Å². The fraction of sp³-hybridized carbons (Fsp3) is 0.381. The minimum atomic E-state index is -0.171. The number of hydrogen-bond donors (Lipinski definition) is 1. The molecule has 0 aliphatic carbocycles. The minimum Gasteiger partial charge on any atom is -0.482 e. The molecule has 0 spiro atoms. The Morgan fingerprint density at radius 1 is 1.21 bits per heavy atom. The molecule has 1 atom stereocenters. The second kappa shape index (κ2) is 10.7. The first kappa shape index (κ1) is 20.9. The second-order valence-electron chi connectivity index (χ2n) is 6.64. The highest BCUT2D eigenvalue weighted by atomic mass is 35.5. The van der Waals surface area contributed by atoms with Crippen molar-refractivity contribution in [2.45, 2.75) is 12.5 Å². The molecule has 0 bridgehead atoms. The van der Waals surface area contributed by atoms with E-state index in [1.54, 1.807) is 18.2 Å². The lowest BCUT2D eigenvalue weighted by Crippen LogP contribution is -2.40. The van der Waals surface area contributed by atoms with Gasteiger partial charge < -0.3 is 14.8 Å². The van der Waals surface area contributed by atoms with Gasteiger partial charge >= 0.3 is 0 Å². The number of nitrogens with zero attached hydrogens (tertiary/aromatic N) is 1. The van der Waals surface area contributed by atoms with Crippen molar-refractivity contribution in [3.63, 3.8) is 0 Å². The van der Waals surface area contributed by atoms with Crippen LogP contribution in [0.2, 0.25) is 10.0 Å². The summed E-state index contributed by atoms with van der Waals surface area (Å²) in [5, 5.41) is 3.79. The van der Waals surface area contributed by atoms with Gasteiger partial charge in [-0.1, -0.05) is 53.5 Å². The van der Waals surface area contributed by atoms with Crippen LogP contribution in [0, 0.1) is 0 Å². The van der Waals surface area contributed by atoms with Gasteiger partial charge in [0, 0.05) is 31.2 Å². The molecule has 0 unspecified atom stereocenters. The average Bonchev–Trinajstić information content (AvgIpc) is 2.71. The average molecular weight is 423 g/mol. The third kappa shape index (κ3) is 6.38. The molecule has 28 heavy (non-hydrogen) atoms. The zero-order chi connectivity index (χ0) is 19.8. The van der Waals surface area contributed by atoms with Crippen molar-refractivity contribution in [2.24, 2.45) is 0 Å². The number of hydrogen-bond acceptors (Lipinski definition) is 4. The smallest absolute Gasteiger partial charge is 0.257 e. The predicted octanol–water partition coefficient (Wildman–Crippen LogP) is 3.95. The monoisotopic (exact) mass is 422 g/mol. The van der Waals surface area contributed by atoms with Crippen LogP contribution in [0.15, 0.2) is 48.5 Å². The highest BCUT2D eigenvalue weighted by molar-refractivity contribution is 6.35. The van der Waals surface area contributed by atoms with Gasteiger partial charge in [0.05, 0.1) is 17.7 Å². The first-order valence-corrected chi connectivity index (χ1v) is 10.1. The van der Waals surface area contributed by atoms with Crippen LogP contribution < -0.4 is 10.1 Å². The summed E-state index contributed by atoms with van der Waals surface area (Å²) in [6, 6.07) is 15.2. The molecule has 2 aromatic rings. The standard InChI is InChI=1S/C21H24Cl2N2O3/c22-17-7-8-19(18(23)13-17)28-15-21(26)24-9-4-10-25-11-12-27-20(14-25)16-5-2-1-3-6-16/h1-3,5-8,13,20H,4,9-12,14-15H2,(H,24,26)/t20-/m1/s1. The molecule has 1 saturated heterocycles. The Kier molecular flexibility index (Phi) is 7.98. The van der Waals surface area contributed by atoms with Gasteiger partial charge in [-0.05, 0) is 30.2 Å². The molecule has 5 nitrogen and oxygen atoms in total. The zero-order valence-electron chi connectivity index (χ0n) is 15.6. The Labute approximate surface area is 175 Å². The van der Waals surface area contributed by atoms with Gasteiger partial charge in [-0.3, -0.25) is 9.69 Å². The normalized spacial score (nSPS) is 17.3. The van der Waals surface area contributed by atoms with E-state index in [4.69, 9.17) is 32.7 Å². The lowest BCUT2D eigenvalue weighted by Gasteiger charge is -2.33. The van der Waals surface area contributed by atoms with Crippen LogP contribution in [-0.2, 0) is 9.53 Å². The quantitative estimate of drug-likeness (QED) is 0.654. The summed E-state index contributed by atoms with van der Waals surface area (Å²) in [5.74, 6) is 0.275. The number of rotatable bonds is 8. The third-order valence-electron chi connectivity index (χ3n) is 4.55. The van der Waals surface area contributed by atoms with Crippen LogP contribution >= 0.6 is 23.2 Å². The number of carbonyl (C=O) groups excluding carboxylic acids is 1. The highest BCUT2D eigenvalue weighted by Gasteiger charge is 2.21. The van der Waals surface area contributed by atoms with Gasteiger partial charge in [0.1, 0.15) is 5.75 Å². The molecule has 1 aliphatic rings. The number of amides is 1. The molecule has 3 rings (SSSR count). The molecule has 2 aromatic carbocycles. The van der Waals surface area contributed by atoms with E-state index in [2.05, 4.69) is 22.3 Å². The Morgan fingerprint density at radius 3 is 2.82 bits per heavy atom. The molecule has 150 valence electrons. The molecule has 1 fully saturated rings. The predicted molar refractivity (Wildman–Crippen MR) is 111 cm³/mol. The van der Waals surface area contributed by atoms with E-state index >= 15 is 0 Å². The summed E-state index contributed by atoms with van der Waals surface area (Å²) >= 11 is 11.9. The molecule has 1 amide bonds. The van der Waals surface area contributed by atoms with Crippen LogP contribution in [0.25, 0.3) is 0 Å². The molecular weight excluding hydrogens is 399 g/mol. The molecule has 0 saturated carbocycles. The van der Waals surface area contributed by atoms with E-state index in [-0.39, 0.29) is 18.6 Å². The van der Waals surface area contributed by atoms with Crippen molar-refractivity contribution in [3.05, 3.63) is 64.1 Å². The number of halogens is 2. The first-order valence-electron chi connectivity index (χ1n) is 9.35. The van der Waals surface area contributed by atoms with Gasteiger partial charge in [0.25, 0.3) is 5.91 Å². The molecule has 1 N–H and O–H groups in total. The second-order valence-corrected chi connectivity index (χ2v) is 7.48. The van der Waals surface area contributed by atoms with Gasteiger partial charge in [-0.2, -0.15) is 0 Å². The fourth-order valence-electron chi connectivity index (χ4n) is 3.09. The number of morpholine rings is 1. The van der Waals surface area contributed by atoms with Gasteiger partial charge in [0.15, 0.2) is 6.61 Å². The summed E-state index contributed by atoms with van der Waals surface area (Å²) in [6.45, 7) is 3.95. The van der Waals surface area contributed by atoms with E-state index in [9.17, 15) is 4.79 Å². The molecule has 7 heteroatoms. The topological polar surface area (TPSA) is 50.8 Å². The fourth-order valence-corrected chi connectivity index (χ4v) is 3.56. The first-order chi connectivity index (χ1) is 13.6. The minimum absolute atomic E-state index is 0.0744. The highest BCUT2D eigenvalue weighted by Crippen LogP contribution is 2.27. The van der Waals surface area contributed by atoms with E-state index < -0.39 is 0 Å². The SMILES string of the molecule is O=C(COc1ccc(Cl)cc1Cl)NCCCN1CCO[C@@H](c2ccccc2)C1. The van der Waals surface area contributed by atoms with Crippen molar-refractivity contribution in [1.29, 1.82) is 0 Å². The maximum absolute atomic E-state index is 11.9. The lowest BCUT2D eigenvalue weighted by atomic mass is 10.1. The Balaban J connectivity index is 1.33. The molecule has 1 aliphatic heterocycles. The van der Waals surface area contributed by atoms with Crippen LogP contribution in [0.1, 0.15) is 18.1 Å². The van der Waals surface area contributed by atoms with Crippen molar-refractivity contribution in [3.8, 4) is 5.75 Å². The van der Waals surface area contributed by atoms with Crippen LogP contribution in [0.4, 0.5) is 0 Å². The summed E-state index contributed by atoms with van der Waals surface area (Å²) in [7, 11) is 0. The Bertz CT molecular complexity index is 774. The summed E-state index contributed by atoms with van der Waals surface area (Å²) in [4.78, 5) is 14.3. The van der Waals surface area contributed by atoms with Crippen molar-refractivity contribution in [1.82, 2.24) is 10.2 Å². The van der Waals surface area contributed by atoms with E-state index in [1.165, 1.54) is 5.56 Å². The number of benzene rings is 2. The zero-order valence-corrected chi connectivity index (χ0v) is 17.1. The van der Waals surface area contributed by atoms with E-state index in [1.807, 2.05) is 18.2 Å². The molecular formula is C21H24Cl2N2O3. The van der Waals surface area contributed by atoms with Crippen molar-refractivity contribution >= 4 is 29.1 Å². The van der Waals surface area contributed by atoms with E-state index in [0.717, 1.165) is 32.7 Å². The Morgan fingerprint density at radius 2 is 2.04 bits per heavy atom. The lowest BCUT2D eigenvalue weighted by molar-refractivity contribution is -0.123. The molecule has 1 heterocycles. The molecule has 0 radical (unpaired) electrons. The van der Waals surface area contributed by atoms with Gasteiger partial charge in [0.2, 0.25) is 0 Å². The summed E-state index contributed by atoms with van der Waals surface area (Å²) in [6.07, 6.45) is 0.983. The maximum atomic E-state index is 11.9. The van der Waals surface area contributed by atoms with Crippen LogP contribution in [0.5, 0.6) is 5.75 Å². The summed E-state index contributed by atoms with van der Waals surface area (Å²) < 4.78 is 11.3. The van der Waals surface area contributed by atoms with Crippen molar-refractivity contribution < 1.29 is 14.3 Å². The summed E-state index contributed by atoms with van der Waals surface area (Å²) in [5.41, 5.74) is 1.21. The van der Waals surface area contributed by atoms with E-state index in [0.29, 0.717) is 22.3 Å². The number of nitrogens with one attached hydrogen (secondary N) is 1. The van der Waals surface area contributed by atoms with Crippen LogP contribution in [0.3, 0.4) is 0 Å².